The Morgan fingerprint density at radius 1 is 0.788 bits per heavy atom. The molecule has 2 amide bonds. The zero-order chi connectivity index (χ0) is 23.4. The number of nitrogens with zero attached hydrogens (tertiary/aromatic N) is 2. The zero-order valence-electron chi connectivity index (χ0n) is 20.6. The van der Waals surface area contributed by atoms with E-state index in [2.05, 4.69) is 6.92 Å². The second kappa shape index (κ2) is 10.8. The molecule has 1 aliphatic heterocycles. The van der Waals surface area contributed by atoms with Crippen LogP contribution in [0.15, 0.2) is 18.2 Å². The molecule has 2 saturated carbocycles. The summed E-state index contributed by atoms with van der Waals surface area (Å²) in [5, 5.41) is 0. The molecule has 1 aromatic carbocycles. The van der Waals surface area contributed by atoms with Crippen LogP contribution in [0.1, 0.15) is 89.2 Å². The van der Waals surface area contributed by atoms with E-state index in [1.165, 1.54) is 19.3 Å². The van der Waals surface area contributed by atoms with Gasteiger partial charge in [-0.3, -0.25) is 9.59 Å². The molecule has 1 aromatic rings. The molecule has 6 heteroatoms. The van der Waals surface area contributed by atoms with Crippen LogP contribution in [0.4, 0.5) is 0 Å². The van der Waals surface area contributed by atoms with E-state index in [0.29, 0.717) is 17.4 Å². The maximum absolute atomic E-state index is 14.1. The van der Waals surface area contributed by atoms with E-state index in [-0.39, 0.29) is 30.4 Å². The first-order chi connectivity index (χ1) is 16.0. The average Bonchev–Trinajstić information content (AvgIpc) is 2.80. The van der Waals surface area contributed by atoms with Crippen LogP contribution in [0.25, 0.3) is 0 Å². The third kappa shape index (κ3) is 5.15. The summed E-state index contributed by atoms with van der Waals surface area (Å²) >= 11 is 0. The number of benzene rings is 1. The van der Waals surface area contributed by atoms with Gasteiger partial charge in [0.2, 0.25) is 5.91 Å². The smallest absolute Gasteiger partial charge is 0.250 e. The van der Waals surface area contributed by atoms with E-state index in [1.807, 2.05) is 28.0 Å². The second-order valence-electron chi connectivity index (χ2n) is 10.2. The highest BCUT2D eigenvalue weighted by molar-refractivity contribution is 5.96. The molecule has 0 spiro atoms. The van der Waals surface area contributed by atoms with Crippen molar-refractivity contribution in [1.29, 1.82) is 0 Å². The number of hydrogen-bond acceptors (Lipinski definition) is 4. The Morgan fingerprint density at radius 2 is 1.42 bits per heavy atom. The van der Waals surface area contributed by atoms with Crippen molar-refractivity contribution >= 4 is 11.8 Å². The lowest BCUT2D eigenvalue weighted by molar-refractivity contribution is -0.162. The molecule has 33 heavy (non-hydrogen) atoms. The minimum Gasteiger partial charge on any atom is -0.493 e. The van der Waals surface area contributed by atoms with Crippen molar-refractivity contribution in [1.82, 2.24) is 9.80 Å². The molecule has 0 N–H and O–H groups in total. The highest BCUT2D eigenvalue weighted by Crippen LogP contribution is 2.39. The SMILES string of the molecule is COc1ccc([C@H]2C(=O)N(C3CCC(C)CC3)CC(=O)N2C2CCCCCCC2)cc1OC. The average molecular weight is 457 g/mol. The summed E-state index contributed by atoms with van der Waals surface area (Å²) in [5.74, 6) is 2.09. The number of methoxy groups -OCH3 is 2. The van der Waals surface area contributed by atoms with Gasteiger partial charge in [0.15, 0.2) is 11.5 Å². The van der Waals surface area contributed by atoms with E-state index in [1.54, 1.807) is 14.2 Å². The van der Waals surface area contributed by atoms with Crippen LogP contribution >= 0.6 is 0 Å². The van der Waals surface area contributed by atoms with Gasteiger partial charge in [0, 0.05) is 12.1 Å². The van der Waals surface area contributed by atoms with Crippen molar-refractivity contribution < 1.29 is 19.1 Å². The lowest BCUT2D eigenvalue weighted by Gasteiger charge is -2.48. The van der Waals surface area contributed by atoms with E-state index < -0.39 is 6.04 Å². The van der Waals surface area contributed by atoms with Gasteiger partial charge >= 0.3 is 0 Å². The van der Waals surface area contributed by atoms with Gasteiger partial charge in [0.25, 0.3) is 5.91 Å². The summed E-state index contributed by atoms with van der Waals surface area (Å²) in [6.45, 7) is 2.50. The fourth-order valence-corrected chi connectivity index (χ4v) is 6.04. The maximum atomic E-state index is 14.1. The fraction of sp³-hybridized carbons (Fsp3) is 0.704. The number of carbonyl (C=O) groups is 2. The lowest BCUT2D eigenvalue weighted by atomic mass is 9.85. The highest BCUT2D eigenvalue weighted by atomic mass is 16.5. The van der Waals surface area contributed by atoms with Gasteiger partial charge in [-0.2, -0.15) is 0 Å². The molecule has 3 fully saturated rings. The van der Waals surface area contributed by atoms with E-state index >= 15 is 0 Å². The van der Waals surface area contributed by atoms with Gasteiger partial charge in [0.05, 0.1) is 14.2 Å². The lowest BCUT2D eigenvalue weighted by Crippen LogP contribution is -2.61. The molecular formula is C27H40N2O4. The van der Waals surface area contributed by atoms with Crippen molar-refractivity contribution in [2.24, 2.45) is 5.92 Å². The normalized spacial score (nSPS) is 27.8. The summed E-state index contributed by atoms with van der Waals surface area (Å²) in [7, 11) is 3.22. The standard InChI is InChI=1S/C27H40N2O4/c1-19-11-14-21(15-12-19)28-18-25(30)29(22-9-7-5-4-6-8-10-22)26(27(28)31)20-13-16-23(32-2)24(17-20)33-3/h13,16-17,19,21-22,26H,4-12,14-15,18H2,1-3H3/t19?,21?,26-/m0/s1. The Labute approximate surface area is 198 Å². The molecule has 1 atom stereocenters. The molecular weight excluding hydrogens is 416 g/mol. The maximum Gasteiger partial charge on any atom is 0.250 e. The summed E-state index contributed by atoms with van der Waals surface area (Å²) in [4.78, 5) is 31.6. The van der Waals surface area contributed by atoms with E-state index in [9.17, 15) is 9.59 Å². The molecule has 0 bridgehead atoms. The first-order valence-corrected chi connectivity index (χ1v) is 12.9. The third-order valence-electron chi connectivity index (χ3n) is 8.01. The Kier molecular flexibility index (Phi) is 7.82. The zero-order valence-corrected chi connectivity index (χ0v) is 20.6. The van der Waals surface area contributed by atoms with Crippen LogP contribution in [0.3, 0.4) is 0 Å². The van der Waals surface area contributed by atoms with Crippen LogP contribution in [0.5, 0.6) is 11.5 Å². The predicted molar refractivity (Wildman–Crippen MR) is 128 cm³/mol. The van der Waals surface area contributed by atoms with E-state index in [0.717, 1.165) is 56.9 Å². The number of rotatable bonds is 5. The molecule has 0 radical (unpaired) electrons. The summed E-state index contributed by atoms with van der Waals surface area (Å²) in [6, 6.07) is 5.36. The first-order valence-electron chi connectivity index (χ1n) is 12.9. The minimum atomic E-state index is -0.588. The number of amides is 2. The number of piperazine rings is 1. The fourth-order valence-electron chi connectivity index (χ4n) is 6.04. The van der Waals surface area contributed by atoms with Gasteiger partial charge < -0.3 is 19.3 Å². The van der Waals surface area contributed by atoms with Gasteiger partial charge in [-0.05, 0) is 62.1 Å². The molecule has 4 rings (SSSR count). The minimum absolute atomic E-state index is 0.0726. The first kappa shape index (κ1) is 23.9. The van der Waals surface area contributed by atoms with Gasteiger partial charge in [-0.1, -0.05) is 45.1 Å². The Bertz CT molecular complexity index is 825. The molecule has 3 aliphatic rings. The highest BCUT2D eigenvalue weighted by Gasteiger charge is 2.45. The van der Waals surface area contributed by atoms with Gasteiger partial charge in [-0.25, -0.2) is 0 Å². The van der Waals surface area contributed by atoms with Crippen LogP contribution in [0.2, 0.25) is 0 Å². The predicted octanol–water partition coefficient (Wildman–Crippen LogP) is 5.11. The molecule has 182 valence electrons. The van der Waals surface area contributed by atoms with Crippen LogP contribution < -0.4 is 9.47 Å². The third-order valence-corrected chi connectivity index (χ3v) is 8.01. The number of hydrogen-bond donors (Lipinski definition) is 0. The quantitative estimate of drug-likeness (QED) is 0.618. The molecule has 0 unspecified atom stereocenters. The summed E-state index contributed by atoms with van der Waals surface area (Å²) < 4.78 is 11.0. The van der Waals surface area contributed by atoms with Crippen LogP contribution in [-0.2, 0) is 9.59 Å². The molecule has 6 nitrogen and oxygen atoms in total. The van der Waals surface area contributed by atoms with Gasteiger partial charge in [0.1, 0.15) is 12.6 Å². The Hall–Kier alpha value is -2.24. The Morgan fingerprint density at radius 3 is 2.06 bits per heavy atom. The van der Waals surface area contributed by atoms with Crippen LogP contribution in [-0.4, -0.2) is 54.5 Å². The Balaban J connectivity index is 1.69. The van der Waals surface area contributed by atoms with Crippen molar-refractivity contribution in [3.8, 4) is 11.5 Å². The number of ether oxygens (including phenoxy) is 2. The molecule has 2 aliphatic carbocycles. The van der Waals surface area contributed by atoms with Crippen LogP contribution in [0, 0.1) is 5.92 Å². The van der Waals surface area contributed by atoms with Crippen molar-refractivity contribution in [2.45, 2.75) is 95.7 Å². The van der Waals surface area contributed by atoms with Crippen molar-refractivity contribution in [2.75, 3.05) is 20.8 Å². The van der Waals surface area contributed by atoms with Crippen molar-refractivity contribution in [3.63, 3.8) is 0 Å². The monoisotopic (exact) mass is 456 g/mol. The molecule has 1 heterocycles. The number of carbonyl (C=O) groups excluding carboxylic acids is 2. The summed E-state index contributed by atoms with van der Waals surface area (Å²) in [6.07, 6.45) is 12.1. The summed E-state index contributed by atoms with van der Waals surface area (Å²) in [5.41, 5.74) is 0.821. The molecule has 0 aromatic heterocycles. The van der Waals surface area contributed by atoms with Crippen molar-refractivity contribution in [3.05, 3.63) is 23.8 Å². The largest absolute Gasteiger partial charge is 0.493 e. The molecule has 1 saturated heterocycles. The van der Waals surface area contributed by atoms with Gasteiger partial charge in [-0.15, -0.1) is 0 Å². The topological polar surface area (TPSA) is 59.1 Å². The second-order valence-corrected chi connectivity index (χ2v) is 10.2. The van der Waals surface area contributed by atoms with E-state index in [4.69, 9.17) is 9.47 Å².